The summed E-state index contributed by atoms with van der Waals surface area (Å²) in [5.74, 6) is -0.778. The summed E-state index contributed by atoms with van der Waals surface area (Å²) < 4.78 is 6.30. The number of morpholine rings is 1. The number of carbonyl (C=O) groups excluding carboxylic acids is 3. The Labute approximate surface area is 175 Å². The normalized spacial score (nSPS) is 27.7. The molecule has 2 atom stereocenters. The van der Waals surface area contributed by atoms with Gasteiger partial charge in [-0.2, -0.15) is 0 Å². The summed E-state index contributed by atoms with van der Waals surface area (Å²) in [5.41, 5.74) is 2.76. The van der Waals surface area contributed by atoms with Crippen molar-refractivity contribution in [2.75, 3.05) is 19.6 Å². The lowest BCUT2D eigenvalue weighted by Gasteiger charge is -2.47. The van der Waals surface area contributed by atoms with E-state index >= 15 is 0 Å². The lowest BCUT2D eigenvalue weighted by molar-refractivity contribution is -0.155. The Morgan fingerprint density at radius 1 is 1.23 bits per heavy atom. The average molecular weight is 412 g/mol. The van der Waals surface area contributed by atoms with Gasteiger partial charge in [0.25, 0.3) is 5.91 Å². The van der Waals surface area contributed by atoms with Crippen molar-refractivity contribution in [3.8, 4) is 0 Å². The second-order valence-electron chi connectivity index (χ2n) is 8.93. The van der Waals surface area contributed by atoms with Crippen molar-refractivity contribution in [1.82, 2.24) is 20.9 Å². The Hall–Kier alpha value is -2.29. The van der Waals surface area contributed by atoms with Crippen molar-refractivity contribution in [2.45, 2.75) is 62.9 Å². The first kappa shape index (κ1) is 19.7. The van der Waals surface area contributed by atoms with E-state index in [1.807, 2.05) is 18.2 Å². The van der Waals surface area contributed by atoms with Crippen LogP contribution in [0.1, 0.15) is 53.6 Å². The molecule has 0 bridgehead atoms. The first-order chi connectivity index (χ1) is 14.5. The molecule has 3 fully saturated rings. The standard InChI is InChI=1S/C22H28N4O4/c27-19-5-4-18(20(28)25-19)26-12-15-8-14(2-3-17(15)21(26)29)9-23-10-16-11-24-13-22(30-16)6-1-7-22/h2-3,8,16,18,23-24H,1,4-7,9-13H2,(H,25,27,28). The summed E-state index contributed by atoms with van der Waals surface area (Å²) in [6.07, 6.45) is 4.39. The highest BCUT2D eigenvalue weighted by molar-refractivity contribution is 6.05. The van der Waals surface area contributed by atoms with E-state index in [4.69, 9.17) is 4.74 Å². The highest BCUT2D eigenvalue weighted by atomic mass is 16.5. The third-order valence-electron chi connectivity index (χ3n) is 6.79. The van der Waals surface area contributed by atoms with E-state index in [0.717, 1.165) is 43.6 Å². The maximum absolute atomic E-state index is 12.8. The number of amides is 3. The van der Waals surface area contributed by atoms with Crippen LogP contribution >= 0.6 is 0 Å². The SMILES string of the molecule is O=C1CCC(N2Cc3cc(CNCC4CNCC5(CCC5)O4)ccc3C2=O)C(=O)N1. The van der Waals surface area contributed by atoms with Crippen LogP contribution in [0.25, 0.3) is 0 Å². The first-order valence-corrected chi connectivity index (χ1v) is 10.9. The predicted molar refractivity (Wildman–Crippen MR) is 109 cm³/mol. The van der Waals surface area contributed by atoms with Crippen molar-refractivity contribution in [3.63, 3.8) is 0 Å². The smallest absolute Gasteiger partial charge is 0.255 e. The molecule has 3 heterocycles. The number of fused-ring (bicyclic) bond motifs is 1. The molecule has 2 saturated heterocycles. The van der Waals surface area contributed by atoms with Gasteiger partial charge in [-0.3, -0.25) is 19.7 Å². The molecule has 1 spiro atoms. The van der Waals surface area contributed by atoms with E-state index < -0.39 is 6.04 Å². The fraction of sp³-hybridized carbons (Fsp3) is 0.591. The molecule has 8 heteroatoms. The summed E-state index contributed by atoms with van der Waals surface area (Å²) >= 11 is 0. The molecule has 30 heavy (non-hydrogen) atoms. The van der Waals surface area contributed by atoms with Gasteiger partial charge >= 0.3 is 0 Å². The molecule has 2 unspecified atom stereocenters. The molecule has 3 amide bonds. The minimum atomic E-state index is -0.570. The summed E-state index contributed by atoms with van der Waals surface area (Å²) in [4.78, 5) is 37.9. The van der Waals surface area contributed by atoms with Crippen LogP contribution in [0.5, 0.6) is 0 Å². The number of rotatable bonds is 5. The van der Waals surface area contributed by atoms with Crippen molar-refractivity contribution >= 4 is 17.7 Å². The fourth-order valence-electron chi connectivity index (χ4n) is 4.99. The van der Waals surface area contributed by atoms with Gasteiger partial charge in [-0.1, -0.05) is 12.1 Å². The third kappa shape index (κ3) is 3.64. The predicted octanol–water partition coefficient (Wildman–Crippen LogP) is 0.448. The molecule has 0 aromatic heterocycles. The quantitative estimate of drug-likeness (QED) is 0.608. The number of piperidine rings is 1. The van der Waals surface area contributed by atoms with Crippen LogP contribution < -0.4 is 16.0 Å². The average Bonchev–Trinajstić information content (AvgIpc) is 3.03. The van der Waals surface area contributed by atoms with E-state index in [2.05, 4.69) is 16.0 Å². The molecule has 8 nitrogen and oxygen atoms in total. The van der Waals surface area contributed by atoms with Gasteiger partial charge in [0.15, 0.2) is 0 Å². The molecule has 3 N–H and O–H groups in total. The van der Waals surface area contributed by atoms with Crippen LogP contribution in [0.4, 0.5) is 0 Å². The molecular weight excluding hydrogens is 384 g/mol. The second kappa shape index (κ2) is 7.76. The van der Waals surface area contributed by atoms with Crippen LogP contribution in [0.2, 0.25) is 0 Å². The molecule has 1 aliphatic carbocycles. The molecule has 5 rings (SSSR count). The van der Waals surface area contributed by atoms with Gasteiger partial charge in [-0.25, -0.2) is 0 Å². The minimum absolute atomic E-state index is 0.0675. The van der Waals surface area contributed by atoms with Crippen molar-refractivity contribution in [1.29, 1.82) is 0 Å². The summed E-state index contributed by atoms with van der Waals surface area (Å²) in [7, 11) is 0. The monoisotopic (exact) mass is 412 g/mol. The van der Waals surface area contributed by atoms with Crippen LogP contribution in [-0.4, -0.2) is 60.0 Å². The van der Waals surface area contributed by atoms with Crippen LogP contribution in [0.3, 0.4) is 0 Å². The number of ether oxygens (including phenoxy) is 1. The van der Waals surface area contributed by atoms with Crippen LogP contribution in [0, 0.1) is 0 Å². The van der Waals surface area contributed by atoms with Gasteiger partial charge in [0.05, 0.1) is 11.7 Å². The Bertz CT molecular complexity index is 882. The molecule has 4 aliphatic rings. The summed E-state index contributed by atoms with van der Waals surface area (Å²) in [5, 5.41) is 9.32. The van der Waals surface area contributed by atoms with Gasteiger partial charge in [0.1, 0.15) is 6.04 Å². The lowest BCUT2D eigenvalue weighted by Crippen LogP contribution is -2.59. The molecule has 1 aromatic carbocycles. The molecule has 3 aliphatic heterocycles. The molecule has 0 radical (unpaired) electrons. The zero-order valence-corrected chi connectivity index (χ0v) is 17.0. The van der Waals surface area contributed by atoms with E-state index in [1.54, 1.807) is 4.90 Å². The first-order valence-electron chi connectivity index (χ1n) is 10.9. The Morgan fingerprint density at radius 3 is 2.87 bits per heavy atom. The third-order valence-corrected chi connectivity index (χ3v) is 6.79. The number of hydrogen-bond acceptors (Lipinski definition) is 6. The van der Waals surface area contributed by atoms with Crippen molar-refractivity contribution < 1.29 is 19.1 Å². The lowest BCUT2D eigenvalue weighted by atomic mass is 9.79. The van der Waals surface area contributed by atoms with Crippen LogP contribution in [0.15, 0.2) is 18.2 Å². The van der Waals surface area contributed by atoms with Gasteiger partial charge in [0, 0.05) is 44.7 Å². The van der Waals surface area contributed by atoms with Crippen LogP contribution in [-0.2, 0) is 27.4 Å². The molecule has 1 aromatic rings. The number of benzene rings is 1. The molecule has 1 saturated carbocycles. The fourth-order valence-corrected chi connectivity index (χ4v) is 4.99. The maximum Gasteiger partial charge on any atom is 0.255 e. The molecular formula is C22H28N4O4. The van der Waals surface area contributed by atoms with Gasteiger partial charge < -0.3 is 20.3 Å². The number of imide groups is 1. The van der Waals surface area contributed by atoms with E-state index in [9.17, 15) is 14.4 Å². The summed E-state index contributed by atoms with van der Waals surface area (Å²) in [6.45, 7) is 3.73. The van der Waals surface area contributed by atoms with Gasteiger partial charge in [-0.05, 0) is 42.9 Å². The van der Waals surface area contributed by atoms with E-state index in [-0.39, 0.29) is 35.8 Å². The van der Waals surface area contributed by atoms with Crippen molar-refractivity contribution in [3.05, 3.63) is 34.9 Å². The molecule has 160 valence electrons. The second-order valence-corrected chi connectivity index (χ2v) is 8.93. The van der Waals surface area contributed by atoms with E-state index in [1.165, 1.54) is 6.42 Å². The summed E-state index contributed by atoms with van der Waals surface area (Å²) in [6, 6.07) is 5.28. The number of nitrogens with zero attached hydrogens (tertiary/aromatic N) is 1. The highest BCUT2D eigenvalue weighted by Crippen LogP contribution is 2.37. The van der Waals surface area contributed by atoms with Crippen molar-refractivity contribution in [2.24, 2.45) is 0 Å². The van der Waals surface area contributed by atoms with Gasteiger partial charge in [0.2, 0.25) is 11.8 Å². The number of nitrogens with one attached hydrogen (secondary N) is 3. The maximum atomic E-state index is 12.8. The zero-order valence-electron chi connectivity index (χ0n) is 17.0. The zero-order chi connectivity index (χ0) is 20.7. The highest BCUT2D eigenvalue weighted by Gasteiger charge is 2.42. The number of carbonyl (C=O) groups is 3. The number of hydrogen-bond donors (Lipinski definition) is 3. The minimum Gasteiger partial charge on any atom is -0.368 e. The largest absolute Gasteiger partial charge is 0.368 e. The Balaban J connectivity index is 1.17. The van der Waals surface area contributed by atoms with Gasteiger partial charge in [-0.15, -0.1) is 0 Å². The Morgan fingerprint density at radius 2 is 2.10 bits per heavy atom. The Kier molecular flexibility index (Phi) is 5.08. The van der Waals surface area contributed by atoms with E-state index in [0.29, 0.717) is 25.1 Å². The topological polar surface area (TPSA) is 99.8 Å².